The molecular formula is C18H17ClN2O5S. The number of nitrogens with zero attached hydrogens (tertiary/aromatic N) is 2. The van der Waals surface area contributed by atoms with Crippen LogP contribution >= 0.6 is 11.6 Å². The van der Waals surface area contributed by atoms with Crippen molar-refractivity contribution in [3.05, 3.63) is 74.8 Å². The van der Waals surface area contributed by atoms with E-state index < -0.39 is 25.9 Å². The smallest absolute Gasteiger partial charge is 0.270 e. The van der Waals surface area contributed by atoms with Crippen LogP contribution in [-0.4, -0.2) is 43.0 Å². The van der Waals surface area contributed by atoms with Crippen LogP contribution in [0.5, 0.6) is 0 Å². The van der Waals surface area contributed by atoms with Crippen molar-refractivity contribution in [3.63, 3.8) is 0 Å². The fourth-order valence-electron chi connectivity index (χ4n) is 3.15. The van der Waals surface area contributed by atoms with E-state index >= 15 is 0 Å². The first kappa shape index (κ1) is 19.3. The number of carbonyl (C=O) groups is 1. The lowest BCUT2D eigenvalue weighted by Gasteiger charge is -2.20. The number of non-ortho nitro benzene ring substituents is 1. The van der Waals surface area contributed by atoms with Gasteiger partial charge in [-0.05, 0) is 18.1 Å². The summed E-state index contributed by atoms with van der Waals surface area (Å²) in [6, 6.07) is 12.5. The molecule has 0 spiro atoms. The summed E-state index contributed by atoms with van der Waals surface area (Å²) in [6.45, 7) is 0.236. The minimum atomic E-state index is -3.43. The Morgan fingerprint density at radius 1 is 1.15 bits per heavy atom. The van der Waals surface area contributed by atoms with E-state index in [9.17, 15) is 23.3 Å². The molecule has 0 N–H and O–H groups in total. The zero-order valence-electron chi connectivity index (χ0n) is 14.2. The summed E-state index contributed by atoms with van der Waals surface area (Å²) in [6.07, 6.45) is 0.255. The summed E-state index contributed by atoms with van der Waals surface area (Å²) >= 11 is 6.05. The molecule has 1 unspecified atom stereocenters. The number of amides is 1. The van der Waals surface area contributed by atoms with Crippen LogP contribution in [-0.2, 0) is 9.84 Å². The SMILES string of the molecule is O=C(c1cc([N+](=O)[O-])ccc1Cl)N1CCC(c2ccccc2)S(=O)(=O)CC1. The van der Waals surface area contributed by atoms with Gasteiger partial charge in [0.05, 0.1) is 26.5 Å². The zero-order valence-corrected chi connectivity index (χ0v) is 15.8. The van der Waals surface area contributed by atoms with Gasteiger partial charge in [0.25, 0.3) is 11.6 Å². The summed E-state index contributed by atoms with van der Waals surface area (Å²) in [5.74, 6) is -0.683. The highest BCUT2D eigenvalue weighted by Crippen LogP contribution is 2.30. The molecule has 27 heavy (non-hydrogen) atoms. The highest BCUT2D eigenvalue weighted by atomic mass is 35.5. The number of nitro groups is 1. The van der Waals surface area contributed by atoms with E-state index in [0.717, 1.165) is 6.07 Å². The third kappa shape index (κ3) is 4.12. The van der Waals surface area contributed by atoms with Crippen molar-refractivity contribution >= 4 is 33.0 Å². The van der Waals surface area contributed by atoms with Gasteiger partial charge in [0, 0.05) is 25.2 Å². The molecular weight excluding hydrogens is 392 g/mol. The molecule has 1 atom stereocenters. The maximum Gasteiger partial charge on any atom is 0.270 e. The van der Waals surface area contributed by atoms with E-state index in [1.807, 2.05) is 6.07 Å². The largest absolute Gasteiger partial charge is 0.338 e. The second-order valence-electron chi connectivity index (χ2n) is 6.27. The summed E-state index contributed by atoms with van der Waals surface area (Å²) in [5.41, 5.74) is 0.453. The topological polar surface area (TPSA) is 97.6 Å². The number of sulfone groups is 1. The van der Waals surface area contributed by atoms with Gasteiger partial charge in [-0.2, -0.15) is 0 Å². The Morgan fingerprint density at radius 3 is 2.52 bits per heavy atom. The standard InChI is InChI=1S/C18H17ClN2O5S/c19-16-7-6-14(21(23)24)12-15(16)18(22)20-9-8-17(27(25,26)11-10-20)13-4-2-1-3-5-13/h1-7,12,17H,8-11H2. The fraction of sp³-hybridized carbons (Fsp3) is 0.278. The monoisotopic (exact) mass is 408 g/mol. The Bertz CT molecular complexity index is 979. The number of hydrogen-bond acceptors (Lipinski definition) is 5. The van der Waals surface area contributed by atoms with Crippen molar-refractivity contribution in [1.29, 1.82) is 0 Å². The van der Waals surface area contributed by atoms with E-state index in [4.69, 9.17) is 11.6 Å². The first-order valence-electron chi connectivity index (χ1n) is 8.29. The predicted octanol–water partition coefficient (Wildman–Crippen LogP) is 3.25. The fourth-order valence-corrected chi connectivity index (χ4v) is 5.14. The van der Waals surface area contributed by atoms with Crippen molar-refractivity contribution in [1.82, 2.24) is 4.90 Å². The van der Waals surface area contributed by atoms with E-state index in [0.29, 0.717) is 5.56 Å². The molecule has 1 fully saturated rings. The van der Waals surface area contributed by atoms with Gasteiger partial charge in [-0.1, -0.05) is 41.9 Å². The van der Waals surface area contributed by atoms with Crippen LogP contribution in [0.3, 0.4) is 0 Å². The number of rotatable bonds is 3. The van der Waals surface area contributed by atoms with Crippen LogP contribution in [0, 0.1) is 10.1 Å². The van der Waals surface area contributed by atoms with Gasteiger partial charge in [-0.25, -0.2) is 8.42 Å². The third-order valence-electron chi connectivity index (χ3n) is 4.59. The average Bonchev–Trinajstić information content (AvgIpc) is 2.80. The quantitative estimate of drug-likeness (QED) is 0.573. The van der Waals surface area contributed by atoms with E-state index in [1.165, 1.54) is 17.0 Å². The molecule has 1 amide bonds. The number of benzene rings is 2. The van der Waals surface area contributed by atoms with E-state index in [2.05, 4.69) is 0 Å². The van der Waals surface area contributed by atoms with Crippen molar-refractivity contribution in [2.45, 2.75) is 11.7 Å². The zero-order chi connectivity index (χ0) is 19.6. The third-order valence-corrected chi connectivity index (χ3v) is 7.05. The van der Waals surface area contributed by atoms with Crippen LogP contribution in [0.15, 0.2) is 48.5 Å². The Kier molecular flexibility index (Phi) is 5.48. The van der Waals surface area contributed by atoms with Crippen molar-refractivity contribution in [2.75, 3.05) is 18.8 Å². The first-order chi connectivity index (χ1) is 12.8. The van der Waals surface area contributed by atoms with Gasteiger partial charge in [0.1, 0.15) is 0 Å². The molecule has 0 aromatic heterocycles. The Balaban J connectivity index is 1.87. The molecule has 9 heteroatoms. The van der Waals surface area contributed by atoms with Gasteiger partial charge in [-0.15, -0.1) is 0 Å². The molecule has 1 aliphatic rings. The van der Waals surface area contributed by atoms with Crippen molar-refractivity contribution in [3.8, 4) is 0 Å². The second kappa shape index (κ2) is 7.66. The van der Waals surface area contributed by atoms with Crippen LogP contribution < -0.4 is 0 Å². The molecule has 0 aliphatic carbocycles. The maximum absolute atomic E-state index is 12.8. The highest BCUT2D eigenvalue weighted by Gasteiger charge is 2.33. The molecule has 7 nitrogen and oxygen atoms in total. The van der Waals surface area contributed by atoms with Gasteiger partial charge >= 0.3 is 0 Å². The van der Waals surface area contributed by atoms with E-state index in [1.54, 1.807) is 24.3 Å². The molecule has 0 radical (unpaired) electrons. The molecule has 1 saturated heterocycles. The lowest BCUT2D eigenvalue weighted by molar-refractivity contribution is -0.384. The van der Waals surface area contributed by atoms with Crippen LogP contribution in [0.25, 0.3) is 0 Å². The van der Waals surface area contributed by atoms with Crippen LogP contribution in [0.4, 0.5) is 5.69 Å². The second-order valence-corrected chi connectivity index (χ2v) is 8.98. The number of carbonyl (C=O) groups excluding carboxylic acids is 1. The molecule has 2 aromatic rings. The molecule has 3 rings (SSSR count). The summed E-state index contributed by atoms with van der Waals surface area (Å²) in [5, 5.41) is 10.4. The van der Waals surface area contributed by atoms with E-state index in [-0.39, 0.29) is 41.5 Å². The van der Waals surface area contributed by atoms with Crippen LogP contribution in [0.2, 0.25) is 5.02 Å². The van der Waals surface area contributed by atoms with Crippen molar-refractivity contribution < 1.29 is 18.1 Å². The van der Waals surface area contributed by atoms with Gasteiger partial charge in [0.2, 0.25) is 0 Å². The first-order valence-corrected chi connectivity index (χ1v) is 10.4. The molecule has 1 aliphatic heterocycles. The summed E-state index contributed by atoms with van der Waals surface area (Å²) in [4.78, 5) is 24.6. The van der Waals surface area contributed by atoms with Gasteiger partial charge in [0.15, 0.2) is 9.84 Å². The number of halogens is 1. The molecule has 0 bridgehead atoms. The number of nitro benzene ring substituents is 1. The summed E-state index contributed by atoms with van der Waals surface area (Å²) in [7, 11) is -3.43. The Labute approximate surface area is 161 Å². The lowest BCUT2D eigenvalue weighted by Crippen LogP contribution is -2.33. The predicted molar refractivity (Wildman–Crippen MR) is 102 cm³/mol. The van der Waals surface area contributed by atoms with Gasteiger partial charge in [-0.3, -0.25) is 14.9 Å². The summed E-state index contributed by atoms with van der Waals surface area (Å²) < 4.78 is 25.3. The number of hydrogen-bond donors (Lipinski definition) is 0. The maximum atomic E-state index is 12.8. The minimum Gasteiger partial charge on any atom is -0.338 e. The minimum absolute atomic E-state index is 0.00132. The van der Waals surface area contributed by atoms with Crippen molar-refractivity contribution in [2.24, 2.45) is 0 Å². The molecule has 1 heterocycles. The normalized spacial score (nSPS) is 19.3. The van der Waals surface area contributed by atoms with Gasteiger partial charge < -0.3 is 4.90 Å². The molecule has 0 saturated carbocycles. The Hall–Kier alpha value is -2.45. The molecule has 2 aromatic carbocycles. The lowest BCUT2D eigenvalue weighted by atomic mass is 10.1. The Morgan fingerprint density at radius 2 is 1.85 bits per heavy atom. The average molecular weight is 409 g/mol. The molecule has 142 valence electrons. The highest BCUT2D eigenvalue weighted by molar-refractivity contribution is 7.91. The van der Waals surface area contributed by atoms with Crippen LogP contribution in [0.1, 0.15) is 27.6 Å².